The molecule has 16 heavy (non-hydrogen) atoms. The first-order chi connectivity index (χ1) is 7.58. The van der Waals surface area contributed by atoms with Gasteiger partial charge in [-0.15, -0.1) is 0 Å². The summed E-state index contributed by atoms with van der Waals surface area (Å²) in [6.45, 7) is 4.30. The Morgan fingerprint density at radius 1 is 1.56 bits per heavy atom. The Kier molecular flexibility index (Phi) is 2.77. The van der Waals surface area contributed by atoms with Gasteiger partial charge in [-0.05, 0) is 24.0 Å². The number of primary amides is 1. The number of rotatable bonds is 2. The number of nitrogens with two attached hydrogens (primary N) is 1. The predicted octanol–water partition coefficient (Wildman–Crippen LogP) is 1.97. The average molecular weight is 216 g/mol. The summed E-state index contributed by atoms with van der Waals surface area (Å²) in [5.74, 6) is 0.458. The monoisotopic (exact) mass is 216 g/mol. The van der Waals surface area contributed by atoms with Gasteiger partial charge in [0.25, 0.3) is 0 Å². The molecule has 0 radical (unpaired) electrons. The maximum atomic E-state index is 11.0. The third-order valence-electron chi connectivity index (χ3n) is 3.02. The fourth-order valence-corrected chi connectivity index (χ4v) is 1.96. The minimum Gasteiger partial charge on any atom is -0.366 e. The van der Waals surface area contributed by atoms with E-state index in [-0.39, 0.29) is 5.91 Å². The van der Waals surface area contributed by atoms with Crippen LogP contribution in [0.25, 0.3) is 0 Å². The van der Waals surface area contributed by atoms with Crippen molar-refractivity contribution >= 4 is 11.6 Å². The van der Waals surface area contributed by atoms with Gasteiger partial charge in [-0.25, -0.2) is 0 Å². The van der Waals surface area contributed by atoms with Gasteiger partial charge < -0.3 is 5.73 Å². The molecule has 0 aromatic rings. The molecule has 2 aliphatic rings. The number of allylic oxidation sites excluding steroid dienone is 3. The molecule has 1 unspecified atom stereocenters. The predicted molar refractivity (Wildman–Crippen MR) is 64.9 cm³/mol. The minimum atomic E-state index is -0.380. The molecule has 3 heteroatoms. The number of hydrogen-bond donors (Lipinski definition) is 1. The average Bonchev–Trinajstić information content (AvgIpc) is 2.27. The van der Waals surface area contributed by atoms with Crippen LogP contribution in [-0.4, -0.2) is 11.6 Å². The molecule has 0 aromatic carbocycles. The van der Waals surface area contributed by atoms with Crippen LogP contribution in [0.5, 0.6) is 0 Å². The highest BCUT2D eigenvalue weighted by Gasteiger charge is 2.22. The molecule has 0 saturated carbocycles. The highest BCUT2D eigenvalue weighted by Crippen LogP contribution is 2.29. The van der Waals surface area contributed by atoms with Crippen molar-refractivity contribution in [2.24, 2.45) is 22.6 Å². The number of carbonyl (C=O) groups excluding carboxylic acids is 1. The van der Waals surface area contributed by atoms with Gasteiger partial charge in [-0.1, -0.05) is 26.0 Å². The Morgan fingerprint density at radius 2 is 2.31 bits per heavy atom. The molecule has 2 N–H and O–H groups in total. The van der Waals surface area contributed by atoms with Crippen molar-refractivity contribution in [3.63, 3.8) is 0 Å². The lowest BCUT2D eigenvalue weighted by atomic mass is 9.84. The normalized spacial score (nSPS) is 23.4. The van der Waals surface area contributed by atoms with Gasteiger partial charge in [0, 0.05) is 23.4 Å². The van der Waals surface area contributed by atoms with Crippen LogP contribution in [0, 0.1) is 11.8 Å². The van der Waals surface area contributed by atoms with Crippen LogP contribution in [0.1, 0.15) is 20.3 Å². The molecule has 0 bridgehead atoms. The Hall–Kier alpha value is -1.64. The number of nitrogens with zero attached hydrogens (tertiary/aromatic N) is 1. The first-order valence-electron chi connectivity index (χ1n) is 5.54. The molecule has 2 rings (SSSR count). The number of fused-ring (bicyclic) bond motifs is 1. The van der Waals surface area contributed by atoms with Crippen LogP contribution < -0.4 is 5.73 Å². The van der Waals surface area contributed by atoms with E-state index in [9.17, 15) is 4.79 Å². The summed E-state index contributed by atoms with van der Waals surface area (Å²) in [5, 5.41) is 0. The maximum absolute atomic E-state index is 11.0. The van der Waals surface area contributed by atoms with Gasteiger partial charge in [-0.2, -0.15) is 0 Å². The van der Waals surface area contributed by atoms with Gasteiger partial charge in [0.15, 0.2) is 0 Å². The molecule has 0 saturated heterocycles. The van der Waals surface area contributed by atoms with Gasteiger partial charge >= 0.3 is 0 Å². The highest BCUT2D eigenvalue weighted by atomic mass is 16.1. The van der Waals surface area contributed by atoms with Crippen molar-refractivity contribution in [2.75, 3.05) is 0 Å². The van der Waals surface area contributed by atoms with E-state index >= 15 is 0 Å². The smallest absolute Gasteiger partial charge is 0.248 e. The lowest BCUT2D eigenvalue weighted by Crippen LogP contribution is -2.21. The van der Waals surface area contributed by atoms with Crippen molar-refractivity contribution < 1.29 is 4.79 Å². The largest absolute Gasteiger partial charge is 0.366 e. The molecule has 1 heterocycles. The maximum Gasteiger partial charge on any atom is 0.248 e. The second-order valence-corrected chi connectivity index (χ2v) is 4.54. The zero-order chi connectivity index (χ0) is 11.7. The van der Waals surface area contributed by atoms with Gasteiger partial charge in [0.2, 0.25) is 5.91 Å². The van der Waals surface area contributed by atoms with Crippen molar-refractivity contribution in [2.45, 2.75) is 20.3 Å². The van der Waals surface area contributed by atoms with Crippen molar-refractivity contribution in [1.82, 2.24) is 0 Å². The topological polar surface area (TPSA) is 55.4 Å². The second kappa shape index (κ2) is 4.08. The van der Waals surface area contributed by atoms with Crippen molar-refractivity contribution in [3.05, 3.63) is 35.6 Å². The highest BCUT2D eigenvalue weighted by molar-refractivity contribution is 5.96. The molecular formula is C13H16N2O. The molecule has 1 atom stereocenters. The summed E-state index contributed by atoms with van der Waals surface area (Å²) in [6, 6.07) is 0. The molecule has 1 aliphatic carbocycles. The zero-order valence-corrected chi connectivity index (χ0v) is 9.60. The van der Waals surface area contributed by atoms with E-state index < -0.39 is 0 Å². The van der Waals surface area contributed by atoms with E-state index in [1.165, 1.54) is 5.71 Å². The summed E-state index contributed by atoms with van der Waals surface area (Å²) in [6.07, 6.45) is 8.50. The van der Waals surface area contributed by atoms with E-state index in [0.717, 1.165) is 12.0 Å². The second-order valence-electron chi connectivity index (χ2n) is 4.54. The van der Waals surface area contributed by atoms with E-state index in [2.05, 4.69) is 18.8 Å². The summed E-state index contributed by atoms with van der Waals surface area (Å²) < 4.78 is 0. The van der Waals surface area contributed by atoms with Crippen LogP contribution in [0.2, 0.25) is 0 Å². The fourth-order valence-electron chi connectivity index (χ4n) is 1.96. The van der Waals surface area contributed by atoms with E-state index in [4.69, 9.17) is 5.73 Å². The number of carbonyl (C=O) groups is 1. The van der Waals surface area contributed by atoms with Crippen molar-refractivity contribution in [1.29, 1.82) is 0 Å². The molecule has 3 nitrogen and oxygen atoms in total. The molecular weight excluding hydrogens is 200 g/mol. The summed E-state index contributed by atoms with van der Waals surface area (Å²) in [4.78, 5) is 15.5. The number of aliphatic imine (C=N–C) groups is 1. The van der Waals surface area contributed by atoms with Crippen LogP contribution in [0.15, 0.2) is 40.6 Å². The first-order valence-corrected chi connectivity index (χ1v) is 5.54. The lowest BCUT2D eigenvalue weighted by molar-refractivity contribution is -0.114. The SMILES string of the molecule is CC(C)C1=NC=C2C=C(C(N)=O)C=CC2C1. The number of amides is 1. The molecule has 1 aliphatic heterocycles. The summed E-state index contributed by atoms with van der Waals surface area (Å²) in [7, 11) is 0. The lowest BCUT2D eigenvalue weighted by Gasteiger charge is -2.24. The minimum absolute atomic E-state index is 0.359. The molecule has 1 amide bonds. The van der Waals surface area contributed by atoms with E-state index in [1.54, 1.807) is 0 Å². The Morgan fingerprint density at radius 3 is 2.94 bits per heavy atom. The Balaban J connectivity index is 2.28. The van der Waals surface area contributed by atoms with Crippen LogP contribution in [-0.2, 0) is 4.79 Å². The van der Waals surface area contributed by atoms with Gasteiger partial charge in [0.1, 0.15) is 0 Å². The third kappa shape index (κ3) is 1.98. The quantitative estimate of drug-likeness (QED) is 0.753. The molecule has 0 fully saturated rings. The first kappa shape index (κ1) is 10.9. The van der Waals surface area contributed by atoms with Crippen LogP contribution in [0.3, 0.4) is 0 Å². The van der Waals surface area contributed by atoms with Gasteiger partial charge in [-0.3, -0.25) is 9.79 Å². The zero-order valence-electron chi connectivity index (χ0n) is 9.60. The van der Waals surface area contributed by atoms with Crippen LogP contribution in [0.4, 0.5) is 0 Å². The number of hydrogen-bond acceptors (Lipinski definition) is 2. The summed E-state index contributed by atoms with van der Waals surface area (Å²) >= 11 is 0. The molecule has 0 spiro atoms. The molecule has 0 aromatic heterocycles. The standard InChI is InChI=1S/C13H16N2O/c1-8(2)12-6-9-3-4-10(13(14)16)5-11(9)7-15-12/h3-5,7-9H,6H2,1-2H3,(H2,14,16). The summed E-state index contributed by atoms with van der Waals surface area (Å²) in [5.41, 5.74) is 8.10. The Labute approximate surface area is 95.4 Å². The van der Waals surface area contributed by atoms with Gasteiger partial charge in [0.05, 0.1) is 0 Å². The molecule has 84 valence electrons. The third-order valence-corrected chi connectivity index (χ3v) is 3.02. The van der Waals surface area contributed by atoms with E-state index in [1.807, 2.05) is 24.4 Å². The Bertz CT molecular complexity index is 439. The van der Waals surface area contributed by atoms with Crippen LogP contribution >= 0.6 is 0 Å². The van der Waals surface area contributed by atoms with Crippen molar-refractivity contribution in [3.8, 4) is 0 Å². The van der Waals surface area contributed by atoms with E-state index in [0.29, 0.717) is 17.4 Å². The fraction of sp³-hybridized carbons (Fsp3) is 0.385.